The highest BCUT2D eigenvalue weighted by Gasteiger charge is 2.23. The number of benzene rings is 2. The quantitative estimate of drug-likeness (QED) is 0.669. The zero-order valence-electron chi connectivity index (χ0n) is 12.0. The first-order chi connectivity index (χ1) is 11.1. The van der Waals surface area contributed by atoms with E-state index in [1.54, 1.807) is 18.2 Å². The maximum atomic E-state index is 11.6. The zero-order valence-corrected chi connectivity index (χ0v) is 12.8. The summed E-state index contributed by atoms with van der Waals surface area (Å²) in [5.74, 6) is 0.0867. The molecule has 0 radical (unpaired) electrons. The van der Waals surface area contributed by atoms with Crippen molar-refractivity contribution in [2.75, 3.05) is 0 Å². The van der Waals surface area contributed by atoms with Gasteiger partial charge in [-0.3, -0.25) is 10.1 Å². The van der Waals surface area contributed by atoms with Gasteiger partial charge in [0.05, 0.1) is 0 Å². The lowest BCUT2D eigenvalue weighted by atomic mass is 10.1. The molecule has 0 aliphatic carbocycles. The van der Waals surface area contributed by atoms with Gasteiger partial charge in [-0.25, -0.2) is 4.79 Å². The highest BCUT2D eigenvalue weighted by molar-refractivity contribution is 6.30. The summed E-state index contributed by atoms with van der Waals surface area (Å²) in [6.45, 7) is 0.386. The van der Waals surface area contributed by atoms with E-state index in [0.717, 1.165) is 5.56 Å². The van der Waals surface area contributed by atoms with E-state index in [-0.39, 0.29) is 5.70 Å². The van der Waals surface area contributed by atoms with Crippen LogP contribution >= 0.6 is 11.6 Å². The largest absolute Gasteiger partial charge is 0.488 e. The minimum atomic E-state index is -0.546. The molecule has 1 fully saturated rings. The summed E-state index contributed by atoms with van der Waals surface area (Å²) in [6.07, 6.45) is 1.53. The van der Waals surface area contributed by atoms with Gasteiger partial charge in [0.25, 0.3) is 5.91 Å². The van der Waals surface area contributed by atoms with E-state index < -0.39 is 11.9 Å². The summed E-state index contributed by atoms with van der Waals surface area (Å²) in [4.78, 5) is 22.8. The molecule has 3 rings (SSSR count). The van der Waals surface area contributed by atoms with Gasteiger partial charge in [0.15, 0.2) is 0 Å². The van der Waals surface area contributed by atoms with Gasteiger partial charge < -0.3 is 10.1 Å². The van der Waals surface area contributed by atoms with E-state index >= 15 is 0 Å². The molecule has 0 atom stereocenters. The number of imide groups is 1. The van der Waals surface area contributed by atoms with Gasteiger partial charge in [0.1, 0.15) is 18.1 Å². The molecule has 0 bridgehead atoms. The van der Waals surface area contributed by atoms with E-state index in [4.69, 9.17) is 16.3 Å². The number of rotatable bonds is 4. The molecule has 2 aromatic carbocycles. The summed E-state index contributed by atoms with van der Waals surface area (Å²) in [5, 5.41) is 5.09. The Morgan fingerprint density at radius 3 is 2.52 bits per heavy atom. The van der Waals surface area contributed by atoms with Crippen LogP contribution in [0.4, 0.5) is 4.79 Å². The Hall–Kier alpha value is -2.79. The minimum Gasteiger partial charge on any atom is -0.488 e. The lowest BCUT2D eigenvalue weighted by Crippen LogP contribution is -2.22. The summed E-state index contributed by atoms with van der Waals surface area (Å²) >= 11 is 6.01. The predicted octanol–water partition coefficient (Wildman–Crippen LogP) is 3.10. The molecule has 2 N–H and O–H groups in total. The molecule has 0 aromatic heterocycles. The molecule has 0 spiro atoms. The number of hydrogen-bond acceptors (Lipinski definition) is 3. The average molecular weight is 329 g/mol. The van der Waals surface area contributed by atoms with Crippen molar-refractivity contribution in [2.24, 2.45) is 0 Å². The Balaban J connectivity index is 1.85. The number of carbonyl (C=O) groups excluding carboxylic acids is 2. The average Bonchev–Trinajstić information content (AvgIpc) is 2.85. The summed E-state index contributed by atoms with van der Waals surface area (Å²) in [7, 11) is 0. The lowest BCUT2D eigenvalue weighted by Gasteiger charge is -2.10. The third kappa shape index (κ3) is 3.70. The van der Waals surface area contributed by atoms with Crippen LogP contribution in [-0.2, 0) is 11.4 Å². The van der Waals surface area contributed by atoms with E-state index in [1.807, 2.05) is 30.3 Å². The molecule has 1 heterocycles. The zero-order chi connectivity index (χ0) is 16.2. The Kier molecular flexibility index (Phi) is 4.30. The topological polar surface area (TPSA) is 67.4 Å². The first-order valence-electron chi connectivity index (χ1n) is 6.92. The molecule has 1 aliphatic heterocycles. The molecule has 5 nitrogen and oxygen atoms in total. The maximum absolute atomic E-state index is 11.6. The number of carbonyl (C=O) groups is 2. The molecule has 0 unspecified atom stereocenters. The standard InChI is InChI=1S/C17H13ClN2O3/c18-13-6-7-15(23-10-11-4-2-1-3-5-11)12(8-13)9-14-16(21)20-17(22)19-14/h1-9H,10H2,(H2,19,20,21,22)/b14-9-. The first-order valence-corrected chi connectivity index (χ1v) is 7.30. The number of amides is 3. The van der Waals surface area contributed by atoms with Gasteiger partial charge in [-0.1, -0.05) is 41.9 Å². The molecular weight excluding hydrogens is 316 g/mol. The molecule has 2 aromatic rings. The fraction of sp³-hybridized carbons (Fsp3) is 0.0588. The Bertz CT molecular complexity index is 788. The molecule has 116 valence electrons. The molecule has 1 saturated heterocycles. The van der Waals surface area contributed by atoms with E-state index in [9.17, 15) is 9.59 Å². The lowest BCUT2D eigenvalue weighted by molar-refractivity contribution is -0.115. The van der Waals surface area contributed by atoms with Crippen molar-refractivity contribution in [1.82, 2.24) is 10.6 Å². The maximum Gasteiger partial charge on any atom is 0.326 e. The smallest absolute Gasteiger partial charge is 0.326 e. The molecule has 3 amide bonds. The van der Waals surface area contributed by atoms with E-state index in [1.165, 1.54) is 6.08 Å². The van der Waals surface area contributed by atoms with Crippen LogP contribution in [0.3, 0.4) is 0 Å². The van der Waals surface area contributed by atoms with Crippen LogP contribution in [0.25, 0.3) is 6.08 Å². The predicted molar refractivity (Wildman–Crippen MR) is 86.9 cm³/mol. The Morgan fingerprint density at radius 2 is 1.83 bits per heavy atom. The molecule has 6 heteroatoms. The normalized spacial score (nSPS) is 15.4. The number of nitrogens with one attached hydrogen (secondary N) is 2. The van der Waals surface area contributed by atoms with E-state index in [0.29, 0.717) is 22.9 Å². The Morgan fingerprint density at radius 1 is 1.04 bits per heavy atom. The monoisotopic (exact) mass is 328 g/mol. The van der Waals surface area contributed by atoms with Crippen LogP contribution in [0.5, 0.6) is 5.75 Å². The van der Waals surface area contributed by atoms with Crippen molar-refractivity contribution in [1.29, 1.82) is 0 Å². The van der Waals surface area contributed by atoms with Crippen molar-refractivity contribution >= 4 is 29.6 Å². The third-order valence-electron chi connectivity index (χ3n) is 3.23. The highest BCUT2D eigenvalue weighted by atomic mass is 35.5. The van der Waals surface area contributed by atoms with Crippen molar-refractivity contribution in [3.63, 3.8) is 0 Å². The van der Waals surface area contributed by atoms with Gasteiger partial charge in [0.2, 0.25) is 0 Å². The van der Waals surface area contributed by atoms with Gasteiger partial charge in [-0.15, -0.1) is 0 Å². The number of halogens is 1. The first kappa shape index (κ1) is 15.1. The van der Waals surface area contributed by atoms with Crippen LogP contribution in [0.1, 0.15) is 11.1 Å². The fourth-order valence-corrected chi connectivity index (χ4v) is 2.32. The fourth-order valence-electron chi connectivity index (χ4n) is 2.14. The van der Waals surface area contributed by atoms with E-state index in [2.05, 4.69) is 10.6 Å². The third-order valence-corrected chi connectivity index (χ3v) is 3.46. The number of hydrogen-bond donors (Lipinski definition) is 2. The van der Waals surface area contributed by atoms with Crippen LogP contribution in [0.2, 0.25) is 5.02 Å². The number of urea groups is 1. The molecular formula is C17H13ClN2O3. The summed E-state index contributed by atoms with van der Waals surface area (Å²) in [6, 6.07) is 14.3. The highest BCUT2D eigenvalue weighted by Crippen LogP contribution is 2.26. The number of ether oxygens (including phenoxy) is 1. The second-order valence-corrected chi connectivity index (χ2v) is 5.36. The van der Waals surface area contributed by atoms with Gasteiger partial charge in [-0.2, -0.15) is 0 Å². The van der Waals surface area contributed by atoms with Crippen LogP contribution in [0, 0.1) is 0 Å². The second kappa shape index (κ2) is 6.54. The van der Waals surface area contributed by atoms with Gasteiger partial charge in [0, 0.05) is 10.6 Å². The van der Waals surface area contributed by atoms with Crippen LogP contribution in [0.15, 0.2) is 54.2 Å². The van der Waals surface area contributed by atoms with Gasteiger partial charge >= 0.3 is 6.03 Å². The summed E-state index contributed by atoms with van der Waals surface area (Å²) in [5.41, 5.74) is 1.79. The van der Waals surface area contributed by atoms with Crippen molar-refractivity contribution in [2.45, 2.75) is 6.61 Å². The van der Waals surface area contributed by atoms with Gasteiger partial charge in [-0.05, 0) is 29.8 Å². The second-order valence-electron chi connectivity index (χ2n) is 4.92. The molecule has 1 aliphatic rings. The Labute approximate surface area is 137 Å². The van der Waals surface area contributed by atoms with Crippen molar-refractivity contribution in [3.8, 4) is 5.75 Å². The van der Waals surface area contributed by atoms with Crippen LogP contribution in [-0.4, -0.2) is 11.9 Å². The molecule has 23 heavy (non-hydrogen) atoms. The van der Waals surface area contributed by atoms with Crippen LogP contribution < -0.4 is 15.4 Å². The molecule has 0 saturated carbocycles. The summed E-state index contributed by atoms with van der Waals surface area (Å²) < 4.78 is 5.80. The minimum absolute atomic E-state index is 0.154. The SMILES string of the molecule is O=C1NC(=O)/C(=C/c2cc(Cl)ccc2OCc2ccccc2)N1. The van der Waals surface area contributed by atoms with Crippen molar-refractivity contribution in [3.05, 3.63) is 70.4 Å². The van der Waals surface area contributed by atoms with Crippen molar-refractivity contribution < 1.29 is 14.3 Å².